The predicted molar refractivity (Wildman–Crippen MR) is 137 cm³/mol. The normalized spacial score (nSPS) is 21.9. The minimum absolute atomic E-state index is 0. The fourth-order valence-electron chi connectivity index (χ4n) is 6.22. The zero-order chi connectivity index (χ0) is 19.8. The van der Waals surface area contributed by atoms with E-state index < -0.39 is 20.0 Å². The van der Waals surface area contributed by atoms with Gasteiger partial charge < -0.3 is 0 Å². The summed E-state index contributed by atoms with van der Waals surface area (Å²) >= 11 is -2.56. The van der Waals surface area contributed by atoms with E-state index in [0.29, 0.717) is 0 Å². The third-order valence-electron chi connectivity index (χ3n) is 7.65. The van der Waals surface area contributed by atoms with Gasteiger partial charge in [-0.3, -0.25) is 0 Å². The molecule has 0 spiro atoms. The average Bonchev–Trinajstić information content (AvgIpc) is 3.30. The van der Waals surface area contributed by atoms with Gasteiger partial charge in [0.2, 0.25) is 0 Å². The van der Waals surface area contributed by atoms with Crippen molar-refractivity contribution in [2.75, 3.05) is 0 Å². The molecule has 1 aliphatic heterocycles. The Kier molecular flexibility index (Phi) is 8.50. The number of rotatable bonds is 8. The van der Waals surface area contributed by atoms with E-state index in [1.807, 2.05) is 11.1 Å². The second-order valence-corrected chi connectivity index (χ2v) is 26.1. The van der Waals surface area contributed by atoms with Gasteiger partial charge in [-0.05, 0) is 0 Å². The maximum atomic E-state index is 2.60. The van der Waals surface area contributed by atoms with Crippen molar-refractivity contribution in [3.8, 4) is 0 Å². The van der Waals surface area contributed by atoms with Gasteiger partial charge in [0, 0.05) is 0 Å². The van der Waals surface area contributed by atoms with E-state index in [-0.39, 0.29) is 24.8 Å². The number of halogens is 2. The molecule has 31 heavy (non-hydrogen) atoms. The Bertz CT molecular complexity index is 895. The van der Waals surface area contributed by atoms with Crippen molar-refractivity contribution in [1.82, 2.24) is 0 Å². The number of unbranched alkanes of at least 4 members (excludes halogenated alkanes) is 2. The van der Waals surface area contributed by atoms with Crippen LogP contribution in [-0.4, -0.2) is 0 Å². The van der Waals surface area contributed by atoms with Crippen LogP contribution in [0, 0.1) is 0 Å². The molecule has 0 aromatic heterocycles. The SMILES string of the molecule is CCCCC1=Cc2ccccc2[CH]1[Hf]1([CH]2C(CCCC)=Cc3ccccc32)[CH2][CH2]1.Cl.Cl. The first-order valence-corrected chi connectivity index (χ1v) is 21.1. The van der Waals surface area contributed by atoms with Crippen LogP contribution in [0.25, 0.3) is 12.2 Å². The molecule has 0 nitrogen and oxygen atoms in total. The third kappa shape index (κ3) is 4.44. The summed E-state index contributed by atoms with van der Waals surface area (Å²) in [5, 5.41) is 0. The molecule has 166 valence electrons. The molecule has 0 amide bonds. The summed E-state index contributed by atoms with van der Waals surface area (Å²) in [6, 6.07) is 18.8. The van der Waals surface area contributed by atoms with Gasteiger partial charge in [0.1, 0.15) is 0 Å². The molecule has 1 heterocycles. The Labute approximate surface area is 205 Å². The van der Waals surface area contributed by atoms with Crippen LogP contribution in [0.15, 0.2) is 59.7 Å². The van der Waals surface area contributed by atoms with Crippen LogP contribution >= 0.6 is 24.8 Å². The van der Waals surface area contributed by atoms with Crippen molar-refractivity contribution in [1.29, 1.82) is 0 Å². The number of allylic oxidation sites excluding steroid dienone is 2. The van der Waals surface area contributed by atoms with Crippen molar-refractivity contribution in [2.45, 2.75) is 68.1 Å². The van der Waals surface area contributed by atoms with Gasteiger partial charge in [-0.15, -0.1) is 24.8 Å². The number of hydrogen-bond donors (Lipinski definition) is 0. The molecular weight excluding hydrogens is 586 g/mol. The minimum Gasteiger partial charge on any atom is -0.147 e. The second kappa shape index (κ2) is 10.5. The van der Waals surface area contributed by atoms with Crippen molar-refractivity contribution < 1.29 is 20.0 Å². The molecule has 3 aliphatic rings. The summed E-state index contributed by atoms with van der Waals surface area (Å²) in [6.45, 7) is 4.68. The molecule has 2 aromatic carbocycles. The fourth-order valence-corrected chi connectivity index (χ4v) is 34.4. The minimum atomic E-state index is -2.56. The van der Waals surface area contributed by atoms with Crippen molar-refractivity contribution in [3.63, 3.8) is 0 Å². The molecular formula is C28H36Cl2Hf. The number of fused-ring (bicyclic) bond motifs is 2. The summed E-state index contributed by atoms with van der Waals surface area (Å²) < 4.78 is 4.87. The van der Waals surface area contributed by atoms with Crippen LogP contribution in [0.5, 0.6) is 0 Å². The van der Waals surface area contributed by atoms with Crippen molar-refractivity contribution in [3.05, 3.63) is 81.9 Å². The molecule has 2 unspecified atom stereocenters. The Balaban J connectivity index is 0.00000136. The van der Waals surface area contributed by atoms with E-state index in [1.165, 1.54) is 38.5 Å². The maximum Gasteiger partial charge on any atom is -0.147 e. The van der Waals surface area contributed by atoms with Gasteiger partial charge in [0.25, 0.3) is 0 Å². The number of hydrogen-bond acceptors (Lipinski definition) is 0. The average molecular weight is 622 g/mol. The molecule has 0 bridgehead atoms. The summed E-state index contributed by atoms with van der Waals surface area (Å²) in [7, 11) is 0. The van der Waals surface area contributed by atoms with E-state index in [0.717, 1.165) is 7.35 Å². The zero-order valence-corrected chi connectivity index (χ0v) is 24.1. The summed E-state index contributed by atoms with van der Waals surface area (Å²) in [4.78, 5) is 0. The first-order valence-electron chi connectivity index (χ1n) is 11.9. The van der Waals surface area contributed by atoms with Crippen LogP contribution in [0.2, 0.25) is 8.35 Å². The van der Waals surface area contributed by atoms with Gasteiger partial charge in [0.15, 0.2) is 0 Å². The summed E-state index contributed by atoms with van der Waals surface area (Å²) in [5.41, 5.74) is 10.1. The molecule has 0 saturated carbocycles. The van der Waals surface area contributed by atoms with Gasteiger partial charge in [-0.2, -0.15) is 0 Å². The molecule has 1 fully saturated rings. The maximum absolute atomic E-state index is 2.60. The molecule has 0 N–H and O–H groups in total. The van der Waals surface area contributed by atoms with Gasteiger partial charge >= 0.3 is 182 Å². The Hall–Kier alpha value is -0.630. The Morgan fingerprint density at radius 3 is 1.48 bits per heavy atom. The van der Waals surface area contributed by atoms with E-state index >= 15 is 0 Å². The van der Waals surface area contributed by atoms with Crippen LogP contribution in [0.3, 0.4) is 0 Å². The smallest absolute Gasteiger partial charge is 0.147 e. The van der Waals surface area contributed by atoms with Gasteiger partial charge in [-0.25, -0.2) is 0 Å². The van der Waals surface area contributed by atoms with Crippen molar-refractivity contribution in [2.24, 2.45) is 0 Å². The monoisotopic (exact) mass is 622 g/mol. The van der Waals surface area contributed by atoms with Crippen LogP contribution in [0.4, 0.5) is 0 Å². The van der Waals surface area contributed by atoms with E-state index in [4.69, 9.17) is 0 Å². The Morgan fingerprint density at radius 2 is 1.10 bits per heavy atom. The zero-order valence-electron chi connectivity index (χ0n) is 18.9. The van der Waals surface area contributed by atoms with E-state index in [2.05, 4.69) is 74.5 Å². The number of benzene rings is 2. The first kappa shape index (κ1) is 25.0. The van der Waals surface area contributed by atoms with Crippen LogP contribution < -0.4 is 0 Å². The summed E-state index contributed by atoms with van der Waals surface area (Å²) in [6.07, 6.45) is 13.1. The van der Waals surface area contributed by atoms with Crippen LogP contribution in [-0.2, 0) is 20.0 Å². The summed E-state index contributed by atoms with van der Waals surface area (Å²) in [5.74, 6) is 0. The largest absolute Gasteiger partial charge is 0.147 e. The molecule has 2 aliphatic carbocycles. The molecule has 2 aromatic rings. The fraction of sp³-hybridized carbons (Fsp3) is 0.429. The second-order valence-electron chi connectivity index (χ2n) is 9.50. The van der Waals surface area contributed by atoms with Gasteiger partial charge in [0.05, 0.1) is 0 Å². The molecule has 2 atom stereocenters. The quantitative estimate of drug-likeness (QED) is 0.258. The first-order chi connectivity index (χ1) is 14.3. The Morgan fingerprint density at radius 1 is 0.677 bits per heavy atom. The molecule has 5 rings (SSSR count). The van der Waals surface area contributed by atoms with Crippen LogP contribution in [0.1, 0.15) is 82.0 Å². The van der Waals surface area contributed by atoms with E-state index in [1.54, 1.807) is 30.6 Å². The van der Waals surface area contributed by atoms with E-state index in [9.17, 15) is 0 Å². The molecule has 3 heteroatoms. The standard InChI is InChI=1S/2C13H15.C2H4.2ClH.Hf/c2*1-2-3-6-11-9-12-7-4-5-8-13(12)10-11;1-2;;;/h2*4-5,7-10H,2-3,6H2,1H3;1-2H2;2*1H;. The van der Waals surface area contributed by atoms with Gasteiger partial charge in [-0.1, -0.05) is 0 Å². The third-order valence-corrected chi connectivity index (χ3v) is 26.8. The van der Waals surface area contributed by atoms with Crippen molar-refractivity contribution >= 4 is 37.0 Å². The molecule has 1 saturated heterocycles. The molecule has 0 radical (unpaired) electrons. The topological polar surface area (TPSA) is 0 Å². The predicted octanol–water partition coefficient (Wildman–Crippen LogP) is 9.49.